The van der Waals surface area contributed by atoms with Gasteiger partial charge in [-0.2, -0.15) is 0 Å². The molecule has 1 amide bonds. The second kappa shape index (κ2) is 14.0. The number of carbonyl (C=O) groups is 1. The maximum absolute atomic E-state index is 13.7. The third kappa shape index (κ3) is 8.04. The lowest BCUT2D eigenvalue weighted by Gasteiger charge is -2.28. The van der Waals surface area contributed by atoms with Crippen LogP contribution in [0.3, 0.4) is 0 Å². The average Bonchev–Trinajstić information content (AvgIpc) is 3.42. The van der Waals surface area contributed by atoms with Crippen molar-refractivity contribution in [3.8, 4) is 0 Å². The van der Waals surface area contributed by atoms with Gasteiger partial charge in [0.1, 0.15) is 11.3 Å². The summed E-state index contributed by atoms with van der Waals surface area (Å²) in [5.74, 6) is -0.794. The van der Waals surface area contributed by atoms with Crippen molar-refractivity contribution in [3.63, 3.8) is 0 Å². The molecule has 5 aromatic rings. The normalized spacial score (nSPS) is 14.8. The number of hydrogen-bond acceptors (Lipinski definition) is 8. The molecule has 48 heavy (non-hydrogen) atoms. The Morgan fingerprint density at radius 1 is 0.896 bits per heavy atom. The summed E-state index contributed by atoms with van der Waals surface area (Å²) in [5.41, 5.74) is 8.83. The molecule has 3 aromatic carbocycles. The first-order chi connectivity index (χ1) is 23.0. The highest BCUT2D eigenvalue weighted by atomic mass is 32.2. The van der Waals surface area contributed by atoms with Gasteiger partial charge < -0.3 is 15.2 Å². The largest absolute Gasteiger partial charge is 0.325 e. The molecule has 6 rings (SSSR count). The first-order valence-electron chi connectivity index (χ1n) is 16.0. The van der Waals surface area contributed by atoms with Crippen molar-refractivity contribution < 1.29 is 21.6 Å². The Kier molecular flexibility index (Phi) is 9.83. The highest BCUT2D eigenvalue weighted by molar-refractivity contribution is 7.92. The SMILES string of the molecule is CN1CCC(CCS(=O)(=O)NC(=O)c2cc3ccc(CN)nc3n2Cc2cc(NS(=O)(=O)Cc3ccccc3)cc3ccccc23)CC1. The average molecular weight is 689 g/mol. The van der Waals surface area contributed by atoms with Crippen LogP contribution in [0.2, 0.25) is 0 Å². The van der Waals surface area contributed by atoms with Gasteiger partial charge in [0.2, 0.25) is 20.0 Å². The van der Waals surface area contributed by atoms with Gasteiger partial charge in [0.15, 0.2) is 0 Å². The van der Waals surface area contributed by atoms with E-state index in [0.717, 1.165) is 36.7 Å². The zero-order chi connectivity index (χ0) is 33.9. The Morgan fingerprint density at radius 2 is 1.62 bits per heavy atom. The molecule has 1 fully saturated rings. The molecular formula is C35H40N6O5S2. The number of fused-ring (bicyclic) bond motifs is 2. The molecule has 0 saturated carbocycles. The van der Waals surface area contributed by atoms with Crippen molar-refractivity contribution in [2.45, 2.75) is 38.1 Å². The number of rotatable bonds is 12. The van der Waals surface area contributed by atoms with Crippen LogP contribution in [0.25, 0.3) is 21.8 Å². The first kappa shape index (κ1) is 33.6. The Balaban J connectivity index is 1.32. The van der Waals surface area contributed by atoms with Gasteiger partial charge in [0.25, 0.3) is 5.91 Å². The van der Waals surface area contributed by atoms with Crippen molar-refractivity contribution in [3.05, 3.63) is 107 Å². The first-order valence-corrected chi connectivity index (χ1v) is 19.3. The van der Waals surface area contributed by atoms with Crippen molar-refractivity contribution in [1.29, 1.82) is 0 Å². The van der Waals surface area contributed by atoms with Gasteiger partial charge in [-0.3, -0.25) is 9.52 Å². The van der Waals surface area contributed by atoms with E-state index < -0.39 is 26.0 Å². The van der Waals surface area contributed by atoms with Gasteiger partial charge >= 0.3 is 0 Å². The molecule has 0 bridgehead atoms. The molecule has 4 N–H and O–H groups in total. The van der Waals surface area contributed by atoms with E-state index in [-0.39, 0.29) is 30.3 Å². The molecule has 252 valence electrons. The second-order valence-electron chi connectivity index (χ2n) is 12.5. The van der Waals surface area contributed by atoms with Crippen molar-refractivity contribution in [2.75, 3.05) is 30.6 Å². The summed E-state index contributed by atoms with van der Waals surface area (Å²) in [6, 6.07) is 25.2. The molecule has 11 nitrogen and oxygen atoms in total. The maximum atomic E-state index is 13.7. The van der Waals surface area contributed by atoms with Crippen molar-refractivity contribution in [2.24, 2.45) is 11.7 Å². The number of benzene rings is 3. The van der Waals surface area contributed by atoms with Gasteiger partial charge in [0, 0.05) is 17.6 Å². The number of carbonyl (C=O) groups excluding carboxylic acids is 1. The Labute approximate surface area is 281 Å². The highest BCUT2D eigenvalue weighted by Gasteiger charge is 2.25. The van der Waals surface area contributed by atoms with Crippen molar-refractivity contribution >= 4 is 53.4 Å². The van der Waals surface area contributed by atoms with Gasteiger partial charge in [-0.1, -0.05) is 54.6 Å². The van der Waals surface area contributed by atoms with E-state index in [9.17, 15) is 21.6 Å². The third-order valence-corrected chi connectivity index (χ3v) is 11.4. The standard InChI is InChI=1S/C35H40N6O5S2/c1-40-16-13-25(14-17-40)15-18-47(43,44)39-35(42)33-21-28-11-12-30(22-36)37-34(28)41(33)23-29-20-31(19-27-9-5-6-10-32(27)29)38-48(45,46)24-26-7-3-2-4-8-26/h2-12,19-21,25,38H,13-18,22-24,36H2,1H3,(H,39,42). The van der Waals surface area contributed by atoms with E-state index in [1.165, 1.54) is 0 Å². The number of nitrogens with one attached hydrogen (secondary N) is 2. The molecule has 0 spiro atoms. The number of sulfonamides is 2. The summed E-state index contributed by atoms with van der Waals surface area (Å²) in [6.07, 6.45) is 2.34. The molecular weight excluding hydrogens is 649 g/mol. The van der Waals surface area contributed by atoms with E-state index in [0.29, 0.717) is 45.9 Å². The predicted octanol–water partition coefficient (Wildman–Crippen LogP) is 4.43. The lowest BCUT2D eigenvalue weighted by atomic mass is 9.95. The molecule has 1 saturated heterocycles. The molecule has 1 aliphatic rings. The van der Waals surface area contributed by atoms with Gasteiger partial charge in [-0.05, 0) is 97.5 Å². The Hall–Kier alpha value is -4.30. The van der Waals surface area contributed by atoms with Crippen LogP contribution < -0.4 is 15.2 Å². The van der Waals surface area contributed by atoms with Crippen LogP contribution in [0.5, 0.6) is 0 Å². The molecule has 0 atom stereocenters. The summed E-state index contributed by atoms with van der Waals surface area (Å²) >= 11 is 0. The number of nitrogens with zero attached hydrogens (tertiary/aromatic N) is 3. The topological polar surface area (TPSA) is 156 Å². The van der Waals surface area contributed by atoms with E-state index in [1.807, 2.05) is 30.3 Å². The molecule has 3 heterocycles. The van der Waals surface area contributed by atoms with Crippen LogP contribution in [-0.2, 0) is 38.9 Å². The zero-order valence-corrected chi connectivity index (χ0v) is 28.4. The Bertz CT molecular complexity index is 2160. The molecule has 13 heteroatoms. The molecule has 2 aromatic heterocycles. The third-order valence-electron chi connectivity index (χ3n) is 8.87. The summed E-state index contributed by atoms with van der Waals surface area (Å²) in [6.45, 7) is 2.14. The van der Waals surface area contributed by atoms with Gasteiger partial charge in [-0.25, -0.2) is 26.5 Å². The number of anilines is 1. The minimum absolute atomic E-state index is 0.109. The molecule has 0 aliphatic carbocycles. The number of amides is 1. The number of hydrogen-bond donors (Lipinski definition) is 3. The quantitative estimate of drug-likeness (QED) is 0.174. The molecule has 1 aliphatic heterocycles. The lowest BCUT2D eigenvalue weighted by molar-refractivity contribution is 0.0973. The number of likely N-dealkylation sites (tertiary alicyclic amines) is 1. The van der Waals surface area contributed by atoms with E-state index in [1.54, 1.807) is 59.2 Å². The summed E-state index contributed by atoms with van der Waals surface area (Å²) in [5, 5.41) is 2.28. The number of nitrogens with two attached hydrogens (primary N) is 1. The molecule has 0 radical (unpaired) electrons. The number of piperidine rings is 1. The van der Waals surface area contributed by atoms with E-state index >= 15 is 0 Å². The van der Waals surface area contributed by atoms with Gasteiger partial charge in [0.05, 0.1) is 23.7 Å². The smallest absolute Gasteiger partial charge is 0.281 e. The second-order valence-corrected chi connectivity index (χ2v) is 16.1. The van der Waals surface area contributed by atoms with Crippen LogP contribution in [0.1, 0.15) is 46.6 Å². The van der Waals surface area contributed by atoms with E-state index in [4.69, 9.17) is 10.7 Å². The van der Waals surface area contributed by atoms with Crippen LogP contribution in [0.4, 0.5) is 5.69 Å². The minimum atomic E-state index is -3.91. The zero-order valence-electron chi connectivity index (χ0n) is 26.8. The maximum Gasteiger partial charge on any atom is 0.281 e. The summed E-state index contributed by atoms with van der Waals surface area (Å²) in [4.78, 5) is 20.6. The van der Waals surface area contributed by atoms with Crippen LogP contribution in [-0.4, -0.2) is 63.1 Å². The number of pyridine rings is 1. The highest BCUT2D eigenvalue weighted by Crippen LogP contribution is 2.29. The van der Waals surface area contributed by atoms with Crippen LogP contribution in [0.15, 0.2) is 84.9 Å². The summed E-state index contributed by atoms with van der Waals surface area (Å²) < 4.78 is 59.3. The minimum Gasteiger partial charge on any atom is -0.325 e. The van der Waals surface area contributed by atoms with Gasteiger partial charge in [-0.15, -0.1) is 0 Å². The summed E-state index contributed by atoms with van der Waals surface area (Å²) in [7, 11) is -5.61. The van der Waals surface area contributed by atoms with Crippen LogP contribution >= 0.6 is 0 Å². The number of aromatic nitrogens is 2. The molecule has 0 unspecified atom stereocenters. The fourth-order valence-electron chi connectivity index (χ4n) is 6.30. The lowest BCUT2D eigenvalue weighted by Crippen LogP contribution is -2.36. The van der Waals surface area contributed by atoms with Crippen LogP contribution in [0, 0.1) is 5.92 Å². The fourth-order valence-corrected chi connectivity index (χ4v) is 8.62. The predicted molar refractivity (Wildman–Crippen MR) is 189 cm³/mol. The van der Waals surface area contributed by atoms with Crippen molar-refractivity contribution in [1.82, 2.24) is 19.2 Å². The van der Waals surface area contributed by atoms with E-state index in [2.05, 4.69) is 21.4 Å². The Morgan fingerprint density at radius 3 is 2.38 bits per heavy atom. The monoisotopic (exact) mass is 688 g/mol. The fraction of sp³-hybridized carbons (Fsp3) is 0.314.